The van der Waals surface area contributed by atoms with Crippen molar-refractivity contribution in [1.82, 2.24) is 0 Å². The van der Waals surface area contributed by atoms with Crippen LogP contribution in [0.5, 0.6) is 11.5 Å². The number of benzene rings is 1. The number of phenolic OH excluding ortho intramolecular Hbond substituents is 1. The van der Waals surface area contributed by atoms with Crippen molar-refractivity contribution in [3.63, 3.8) is 0 Å². The molecule has 0 aliphatic carbocycles. The molecule has 0 atom stereocenters. The summed E-state index contributed by atoms with van der Waals surface area (Å²) in [5, 5.41) is 18.0. The van der Waals surface area contributed by atoms with Gasteiger partial charge in [-0.05, 0) is 12.1 Å². The average molecular weight is 182 g/mol. The molecular weight excluding hydrogens is 172 g/mol. The van der Waals surface area contributed by atoms with Gasteiger partial charge in [-0.15, -0.1) is 0 Å². The molecule has 1 aromatic carbocycles. The minimum absolute atomic E-state index is 0.0712. The Kier molecular flexibility index (Phi) is 2.87. The number of aromatic hydroxyl groups is 1. The molecule has 0 fully saturated rings. The molecule has 70 valence electrons. The summed E-state index contributed by atoms with van der Waals surface area (Å²) in [7, 11) is 1.39. The van der Waals surface area contributed by atoms with Crippen LogP contribution in [0.3, 0.4) is 0 Å². The smallest absolute Gasteiger partial charge is 0.192 e. The lowest BCUT2D eigenvalue weighted by Crippen LogP contribution is -2.04. The number of hydrogen-bond donors (Lipinski definition) is 2. The third kappa shape index (κ3) is 1.78. The fourth-order valence-corrected chi connectivity index (χ4v) is 0.997. The maximum absolute atomic E-state index is 11.0. The number of para-hydroxylation sites is 1. The summed E-state index contributed by atoms with van der Waals surface area (Å²) in [6.45, 7) is -0.624. The van der Waals surface area contributed by atoms with Gasteiger partial charge in [-0.25, -0.2) is 0 Å². The quantitative estimate of drug-likeness (QED) is 0.671. The zero-order valence-corrected chi connectivity index (χ0v) is 7.15. The second-order valence-corrected chi connectivity index (χ2v) is 2.44. The monoisotopic (exact) mass is 182 g/mol. The van der Waals surface area contributed by atoms with E-state index in [-0.39, 0.29) is 17.1 Å². The Morgan fingerprint density at radius 3 is 2.77 bits per heavy atom. The molecule has 1 rings (SSSR count). The molecule has 0 aromatic heterocycles. The van der Waals surface area contributed by atoms with E-state index in [0.717, 1.165) is 0 Å². The van der Waals surface area contributed by atoms with Gasteiger partial charge >= 0.3 is 0 Å². The molecule has 2 N–H and O–H groups in total. The molecule has 0 aliphatic heterocycles. The molecule has 0 saturated heterocycles. The van der Waals surface area contributed by atoms with Gasteiger partial charge in [0.2, 0.25) is 0 Å². The summed E-state index contributed by atoms with van der Waals surface area (Å²) in [5.74, 6) is -0.542. The molecule has 0 aliphatic rings. The normalized spacial score (nSPS) is 9.69. The van der Waals surface area contributed by atoms with Crippen molar-refractivity contribution in [3.8, 4) is 11.5 Å². The van der Waals surface area contributed by atoms with Gasteiger partial charge in [0.25, 0.3) is 0 Å². The van der Waals surface area contributed by atoms with E-state index in [1.165, 1.54) is 19.2 Å². The van der Waals surface area contributed by atoms with Gasteiger partial charge in [-0.1, -0.05) is 6.07 Å². The average Bonchev–Trinajstić information content (AvgIpc) is 2.17. The van der Waals surface area contributed by atoms with Crippen LogP contribution in [-0.2, 0) is 0 Å². The molecule has 0 saturated carbocycles. The molecule has 0 bridgehead atoms. The molecule has 4 heteroatoms. The minimum Gasteiger partial charge on any atom is -0.504 e. The van der Waals surface area contributed by atoms with Crippen LogP contribution in [0.1, 0.15) is 10.4 Å². The van der Waals surface area contributed by atoms with Crippen LogP contribution in [0.4, 0.5) is 0 Å². The number of Topliss-reactive ketones (excluding diaryl/α,β-unsaturated/α-hetero) is 1. The van der Waals surface area contributed by atoms with Crippen molar-refractivity contribution < 1.29 is 19.7 Å². The molecular formula is C9H10O4. The molecule has 4 nitrogen and oxygen atoms in total. The SMILES string of the molecule is COc1cccc(C(=O)CO)c1O. The highest BCUT2D eigenvalue weighted by Crippen LogP contribution is 2.29. The van der Waals surface area contributed by atoms with Crippen LogP contribution in [0, 0.1) is 0 Å². The largest absolute Gasteiger partial charge is 0.504 e. The summed E-state index contributed by atoms with van der Waals surface area (Å²) in [6.07, 6.45) is 0. The molecule has 0 heterocycles. The Labute approximate surface area is 75.4 Å². The summed E-state index contributed by atoms with van der Waals surface area (Å²) >= 11 is 0. The highest BCUT2D eigenvalue weighted by molar-refractivity contribution is 6.00. The first-order valence-electron chi connectivity index (χ1n) is 3.70. The van der Waals surface area contributed by atoms with Gasteiger partial charge in [0.05, 0.1) is 12.7 Å². The van der Waals surface area contributed by atoms with Crippen molar-refractivity contribution in [2.45, 2.75) is 0 Å². The van der Waals surface area contributed by atoms with Gasteiger partial charge in [0.15, 0.2) is 17.3 Å². The lowest BCUT2D eigenvalue weighted by atomic mass is 10.1. The lowest BCUT2D eigenvalue weighted by molar-refractivity contribution is 0.0900. The Morgan fingerprint density at radius 2 is 2.23 bits per heavy atom. The Morgan fingerprint density at radius 1 is 1.54 bits per heavy atom. The molecule has 0 unspecified atom stereocenters. The first-order chi connectivity index (χ1) is 6.20. The van der Waals surface area contributed by atoms with Gasteiger partial charge in [-0.3, -0.25) is 4.79 Å². The fraction of sp³-hybridized carbons (Fsp3) is 0.222. The minimum atomic E-state index is -0.624. The third-order valence-electron chi connectivity index (χ3n) is 1.66. The molecule has 1 aromatic rings. The van der Waals surface area contributed by atoms with E-state index in [0.29, 0.717) is 0 Å². The predicted molar refractivity (Wildman–Crippen MR) is 46.1 cm³/mol. The van der Waals surface area contributed by atoms with Crippen LogP contribution < -0.4 is 4.74 Å². The Hall–Kier alpha value is -1.55. The van der Waals surface area contributed by atoms with Gasteiger partial charge in [0, 0.05) is 0 Å². The van der Waals surface area contributed by atoms with Crippen molar-refractivity contribution in [1.29, 1.82) is 0 Å². The number of rotatable bonds is 3. The highest BCUT2D eigenvalue weighted by atomic mass is 16.5. The fourth-order valence-electron chi connectivity index (χ4n) is 0.997. The standard InChI is InChI=1S/C9H10O4/c1-13-8-4-2-3-6(9(8)12)7(11)5-10/h2-4,10,12H,5H2,1H3. The highest BCUT2D eigenvalue weighted by Gasteiger charge is 2.12. The summed E-state index contributed by atoms with van der Waals surface area (Å²) in [4.78, 5) is 11.0. The molecule has 13 heavy (non-hydrogen) atoms. The van der Waals surface area contributed by atoms with Crippen LogP contribution in [0.15, 0.2) is 18.2 Å². The Bertz CT molecular complexity index is 319. The van der Waals surface area contributed by atoms with E-state index >= 15 is 0 Å². The van der Waals surface area contributed by atoms with Crippen LogP contribution >= 0.6 is 0 Å². The van der Waals surface area contributed by atoms with E-state index < -0.39 is 12.4 Å². The van der Waals surface area contributed by atoms with Crippen molar-refractivity contribution in [2.24, 2.45) is 0 Å². The summed E-state index contributed by atoms with van der Waals surface area (Å²) < 4.78 is 4.80. The van der Waals surface area contributed by atoms with E-state index in [9.17, 15) is 9.90 Å². The van der Waals surface area contributed by atoms with Gasteiger partial charge in [-0.2, -0.15) is 0 Å². The number of carbonyl (C=O) groups excluding carboxylic acids is 1. The molecule has 0 spiro atoms. The van der Waals surface area contributed by atoms with Crippen LogP contribution in [-0.4, -0.2) is 29.7 Å². The van der Waals surface area contributed by atoms with Crippen LogP contribution in [0.2, 0.25) is 0 Å². The van der Waals surface area contributed by atoms with Gasteiger partial charge < -0.3 is 14.9 Å². The summed E-state index contributed by atoms with van der Waals surface area (Å²) in [6, 6.07) is 4.53. The van der Waals surface area contributed by atoms with E-state index in [1.54, 1.807) is 6.07 Å². The van der Waals surface area contributed by atoms with E-state index in [4.69, 9.17) is 9.84 Å². The Balaban J connectivity index is 3.15. The van der Waals surface area contributed by atoms with Crippen LogP contribution in [0.25, 0.3) is 0 Å². The maximum Gasteiger partial charge on any atom is 0.192 e. The number of ether oxygens (including phenoxy) is 1. The topological polar surface area (TPSA) is 66.8 Å². The van der Waals surface area contributed by atoms with Gasteiger partial charge in [0.1, 0.15) is 6.61 Å². The number of carbonyl (C=O) groups is 1. The second kappa shape index (κ2) is 3.91. The van der Waals surface area contributed by atoms with E-state index in [2.05, 4.69) is 0 Å². The van der Waals surface area contributed by atoms with E-state index in [1.807, 2.05) is 0 Å². The number of methoxy groups -OCH3 is 1. The number of ketones is 1. The zero-order valence-electron chi connectivity index (χ0n) is 7.15. The number of aliphatic hydroxyl groups excluding tert-OH is 1. The zero-order chi connectivity index (χ0) is 9.84. The lowest BCUT2D eigenvalue weighted by Gasteiger charge is -2.06. The predicted octanol–water partition coefficient (Wildman–Crippen LogP) is 0.576. The third-order valence-corrected chi connectivity index (χ3v) is 1.66. The van der Waals surface area contributed by atoms with Crippen molar-refractivity contribution >= 4 is 5.78 Å². The second-order valence-electron chi connectivity index (χ2n) is 2.44. The first kappa shape index (κ1) is 9.54. The molecule has 0 radical (unpaired) electrons. The first-order valence-corrected chi connectivity index (χ1v) is 3.70. The number of aliphatic hydroxyl groups is 1. The van der Waals surface area contributed by atoms with Crippen molar-refractivity contribution in [3.05, 3.63) is 23.8 Å². The maximum atomic E-state index is 11.0. The molecule has 0 amide bonds. The summed E-state index contributed by atoms with van der Waals surface area (Å²) in [5.41, 5.74) is 0.0712. The van der Waals surface area contributed by atoms with Crippen molar-refractivity contribution in [2.75, 3.05) is 13.7 Å². The number of phenols is 1. The number of hydrogen-bond acceptors (Lipinski definition) is 4.